The normalized spacial score (nSPS) is 29.3. The molecule has 1 aromatic heterocycles. The van der Waals surface area contributed by atoms with E-state index in [9.17, 15) is 14.7 Å². The number of fused-ring (bicyclic) bond motifs is 3. The second-order valence-electron chi connectivity index (χ2n) is 10.1. The molecule has 0 unspecified atom stereocenters. The number of hydrogen-bond acceptors (Lipinski definition) is 4. The lowest BCUT2D eigenvalue weighted by atomic mass is 9.53. The van der Waals surface area contributed by atoms with Gasteiger partial charge in [0.1, 0.15) is 11.5 Å². The number of nitrogens with one attached hydrogen (secondary N) is 2. The van der Waals surface area contributed by atoms with E-state index in [0.29, 0.717) is 29.1 Å². The summed E-state index contributed by atoms with van der Waals surface area (Å²) in [6.45, 7) is 4.33. The number of amides is 1. The van der Waals surface area contributed by atoms with Gasteiger partial charge in [-0.1, -0.05) is 43.1 Å². The van der Waals surface area contributed by atoms with Crippen LogP contribution < -0.4 is 10.6 Å². The molecule has 2 aromatic rings. The van der Waals surface area contributed by atoms with Gasteiger partial charge in [0, 0.05) is 28.4 Å². The second kappa shape index (κ2) is 7.39. The van der Waals surface area contributed by atoms with Crippen molar-refractivity contribution in [2.45, 2.75) is 62.4 Å². The number of carboxylic acid groups (broad SMARTS) is 1. The van der Waals surface area contributed by atoms with Crippen LogP contribution in [0.5, 0.6) is 0 Å². The highest BCUT2D eigenvalue weighted by atomic mass is 35.5. The van der Waals surface area contributed by atoms with Crippen LogP contribution in [0.2, 0.25) is 10.2 Å². The molecule has 9 heteroatoms. The number of pyridine rings is 1. The largest absolute Gasteiger partial charge is 0.480 e. The topological polar surface area (TPSA) is 91.3 Å². The molecule has 1 saturated heterocycles. The smallest absolute Gasteiger partial charge is 0.321 e. The Morgan fingerprint density at radius 3 is 2.55 bits per heavy atom. The number of aliphatic carboxylic acids is 1. The van der Waals surface area contributed by atoms with Crippen molar-refractivity contribution < 1.29 is 19.1 Å². The molecule has 6 nitrogen and oxygen atoms in total. The van der Waals surface area contributed by atoms with E-state index in [1.54, 1.807) is 18.2 Å². The number of benzene rings is 1. The fraction of sp³-hybridized carbons (Fsp3) is 0.458. The number of anilines is 1. The lowest BCUT2D eigenvalue weighted by Crippen LogP contribution is -2.61. The maximum atomic E-state index is 15.4. The van der Waals surface area contributed by atoms with Crippen molar-refractivity contribution in [3.05, 3.63) is 57.6 Å². The summed E-state index contributed by atoms with van der Waals surface area (Å²) >= 11 is 12.2. The van der Waals surface area contributed by atoms with Gasteiger partial charge >= 0.3 is 5.97 Å². The maximum Gasteiger partial charge on any atom is 0.321 e. The lowest BCUT2D eigenvalue weighted by molar-refractivity contribution is -0.139. The van der Waals surface area contributed by atoms with Gasteiger partial charge < -0.3 is 10.4 Å². The van der Waals surface area contributed by atoms with Gasteiger partial charge in [0.2, 0.25) is 5.91 Å². The minimum Gasteiger partial charge on any atom is -0.480 e. The number of rotatable bonds is 2. The monoisotopic (exact) mass is 491 g/mol. The van der Waals surface area contributed by atoms with E-state index in [1.807, 2.05) is 0 Å². The Kier molecular flexibility index (Phi) is 5.05. The predicted octanol–water partition coefficient (Wildman–Crippen LogP) is 4.90. The van der Waals surface area contributed by atoms with Gasteiger partial charge in [-0.15, -0.1) is 0 Å². The molecular formula is C24H24Cl2FN3O3. The zero-order valence-corrected chi connectivity index (χ0v) is 19.7. The first-order valence-electron chi connectivity index (χ1n) is 10.9. The molecule has 0 bridgehead atoms. The Balaban J connectivity index is 1.83. The highest BCUT2D eigenvalue weighted by Crippen LogP contribution is 2.63. The van der Waals surface area contributed by atoms with Crippen LogP contribution in [0.25, 0.3) is 0 Å². The summed E-state index contributed by atoms with van der Waals surface area (Å²) in [5.74, 6) is -3.35. The van der Waals surface area contributed by atoms with Crippen molar-refractivity contribution in [2.75, 3.05) is 5.32 Å². The van der Waals surface area contributed by atoms with Crippen LogP contribution in [0.3, 0.4) is 0 Å². The van der Waals surface area contributed by atoms with E-state index in [1.165, 1.54) is 12.3 Å². The van der Waals surface area contributed by atoms with Crippen LogP contribution in [0.1, 0.15) is 56.6 Å². The number of carbonyl (C=O) groups is 2. The highest BCUT2D eigenvalue weighted by Gasteiger charge is 2.73. The molecule has 2 fully saturated rings. The van der Waals surface area contributed by atoms with Crippen molar-refractivity contribution in [2.24, 2.45) is 5.41 Å². The van der Waals surface area contributed by atoms with Crippen molar-refractivity contribution in [3.8, 4) is 0 Å². The Bertz CT molecular complexity index is 1180. The Morgan fingerprint density at radius 1 is 1.18 bits per heavy atom. The summed E-state index contributed by atoms with van der Waals surface area (Å²) in [7, 11) is 0. The minimum atomic E-state index is -1.36. The fourth-order valence-corrected chi connectivity index (χ4v) is 6.65. The van der Waals surface area contributed by atoms with E-state index < -0.39 is 34.7 Å². The molecule has 33 heavy (non-hydrogen) atoms. The van der Waals surface area contributed by atoms with Gasteiger partial charge in [-0.3, -0.25) is 14.9 Å². The standard InChI is InChI=1S/C24H24Cl2FN3O3/c1-22(2)6-8-23(9-7-22)24(14-4-3-12(25)11-15(14)29-21(24)33)16(18(30-23)20(31)32)13-5-10-28-19(26)17(13)27/h3-5,10-11,16,18,30H,6-9H2,1-2H3,(H,29,33)(H,31,32)/t16-,18+,24+/m0/s1. The molecule has 1 amide bonds. The first-order chi connectivity index (χ1) is 15.5. The molecule has 3 atom stereocenters. The van der Waals surface area contributed by atoms with Crippen LogP contribution in [0.15, 0.2) is 30.5 Å². The average molecular weight is 492 g/mol. The van der Waals surface area contributed by atoms with Crippen LogP contribution in [-0.4, -0.2) is 33.5 Å². The van der Waals surface area contributed by atoms with E-state index in [-0.39, 0.29) is 22.0 Å². The number of halogens is 3. The number of carboxylic acids is 1. The van der Waals surface area contributed by atoms with E-state index in [4.69, 9.17) is 23.2 Å². The average Bonchev–Trinajstić information content (AvgIpc) is 3.20. The zero-order valence-electron chi connectivity index (χ0n) is 18.2. The summed E-state index contributed by atoms with van der Waals surface area (Å²) in [6.07, 6.45) is 4.05. The molecule has 1 saturated carbocycles. The van der Waals surface area contributed by atoms with E-state index >= 15 is 4.39 Å². The van der Waals surface area contributed by atoms with Crippen molar-refractivity contribution in [1.82, 2.24) is 10.3 Å². The third-order valence-electron chi connectivity index (χ3n) is 7.93. The van der Waals surface area contributed by atoms with Crippen molar-refractivity contribution in [1.29, 1.82) is 0 Å². The molecule has 0 radical (unpaired) electrons. The van der Waals surface area contributed by atoms with Crippen molar-refractivity contribution in [3.63, 3.8) is 0 Å². The summed E-state index contributed by atoms with van der Waals surface area (Å²) in [4.78, 5) is 30.4. The number of hydrogen-bond donors (Lipinski definition) is 3. The van der Waals surface area contributed by atoms with Gasteiger partial charge in [0.05, 0.1) is 0 Å². The highest BCUT2D eigenvalue weighted by molar-refractivity contribution is 6.31. The van der Waals surface area contributed by atoms with Gasteiger partial charge in [0.15, 0.2) is 11.0 Å². The Hall–Kier alpha value is -2.22. The van der Waals surface area contributed by atoms with Gasteiger partial charge in [-0.05, 0) is 60.4 Å². The molecular weight excluding hydrogens is 468 g/mol. The summed E-state index contributed by atoms with van der Waals surface area (Å²) in [6, 6.07) is 5.33. The third kappa shape index (κ3) is 3.05. The van der Waals surface area contributed by atoms with Crippen LogP contribution in [-0.2, 0) is 15.0 Å². The third-order valence-corrected chi connectivity index (χ3v) is 8.43. The molecule has 3 aliphatic rings. The summed E-state index contributed by atoms with van der Waals surface area (Å²) in [5, 5.41) is 16.6. The molecule has 174 valence electrons. The Morgan fingerprint density at radius 2 is 1.88 bits per heavy atom. The summed E-state index contributed by atoms with van der Waals surface area (Å²) in [5.41, 5.74) is -0.983. The molecule has 3 N–H and O–H groups in total. The molecule has 1 aromatic carbocycles. The molecule has 1 aliphatic carbocycles. The number of nitrogens with zero attached hydrogens (tertiary/aromatic N) is 1. The minimum absolute atomic E-state index is 0.0497. The quantitative estimate of drug-likeness (QED) is 0.519. The fourth-order valence-electron chi connectivity index (χ4n) is 6.31. The first kappa shape index (κ1) is 22.6. The first-order valence-corrected chi connectivity index (χ1v) is 11.7. The SMILES string of the molecule is CC1(C)CCC2(CC1)N[C@@H](C(=O)O)[C@H](c1ccnc(Cl)c1F)[C@]21C(=O)Nc2cc(Cl)ccc21. The van der Waals surface area contributed by atoms with Crippen LogP contribution >= 0.6 is 23.2 Å². The van der Waals surface area contributed by atoms with Gasteiger partial charge in [-0.25, -0.2) is 9.37 Å². The predicted molar refractivity (Wildman–Crippen MR) is 123 cm³/mol. The van der Waals surface area contributed by atoms with Gasteiger partial charge in [-0.2, -0.15) is 0 Å². The summed E-state index contributed by atoms with van der Waals surface area (Å²) < 4.78 is 15.4. The van der Waals surface area contributed by atoms with E-state index in [0.717, 1.165) is 12.8 Å². The lowest BCUT2D eigenvalue weighted by Gasteiger charge is -2.50. The number of carbonyl (C=O) groups excluding carboxylic acids is 1. The van der Waals surface area contributed by atoms with Crippen LogP contribution in [0, 0.1) is 11.2 Å². The molecule has 3 heterocycles. The van der Waals surface area contributed by atoms with E-state index in [2.05, 4.69) is 29.5 Å². The molecule has 2 aliphatic heterocycles. The number of aromatic nitrogens is 1. The van der Waals surface area contributed by atoms with Gasteiger partial charge in [0.25, 0.3) is 0 Å². The maximum absolute atomic E-state index is 15.4. The van der Waals surface area contributed by atoms with Crippen molar-refractivity contribution >= 4 is 40.8 Å². The van der Waals surface area contributed by atoms with Crippen LogP contribution in [0.4, 0.5) is 10.1 Å². The molecule has 2 spiro atoms. The Labute approximate surface area is 200 Å². The second-order valence-corrected chi connectivity index (χ2v) is 10.9. The zero-order chi connectivity index (χ0) is 23.8. The molecule has 5 rings (SSSR count).